The van der Waals surface area contributed by atoms with Gasteiger partial charge in [0.05, 0.1) is 0 Å². The maximum absolute atomic E-state index is 10.9. The van der Waals surface area contributed by atoms with Crippen LogP contribution >= 0.6 is 0 Å². The van der Waals surface area contributed by atoms with Crippen LogP contribution in [0.25, 0.3) is 0 Å². The van der Waals surface area contributed by atoms with Crippen molar-refractivity contribution in [3.63, 3.8) is 0 Å². The summed E-state index contributed by atoms with van der Waals surface area (Å²) in [5.74, 6) is 1.98. The van der Waals surface area contributed by atoms with Gasteiger partial charge in [0.15, 0.2) is 0 Å². The Labute approximate surface area is 126 Å². The van der Waals surface area contributed by atoms with Gasteiger partial charge < -0.3 is 4.74 Å². The first-order valence-electron chi connectivity index (χ1n) is 8.54. The molecule has 0 aromatic rings. The highest BCUT2D eigenvalue weighted by atomic mass is 16.5. The van der Waals surface area contributed by atoms with E-state index in [4.69, 9.17) is 4.74 Å². The van der Waals surface area contributed by atoms with Gasteiger partial charge in [-0.2, -0.15) is 0 Å². The number of hydrogen-bond donors (Lipinski definition) is 0. The summed E-state index contributed by atoms with van der Waals surface area (Å²) in [6, 6.07) is 0. The van der Waals surface area contributed by atoms with Crippen LogP contribution in [0.3, 0.4) is 0 Å². The second-order valence-corrected chi connectivity index (χ2v) is 6.81. The number of hydrogen-bond acceptors (Lipinski definition) is 2. The van der Waals surface area contributed by atoms with E-state index in [0.717, 1.165) is 18.3 Å². The molecule has 0 fully saturated rings. The minimum absolute atomic E-state index is 0.0475. The van der Waals surface area contributed by atoms with Gasteiger partial charge in [-0.25, -0.2) is 0 Å². The summed E-state index contributed by atoms with van der Waals surface area (Å²) < 4.78 is 5.24. The molecular weight excluding hydrogens is 248 g/mol. The van der Waals surface area contributed by atoms with Gasteiger partial charge in [0.25, 0.3) is 0 Å². The van der Waals surface area contributed by atoms with Crippen LogP contribution in [-0.2, 0) is 9.53 Å². The molecule has 0 bridgehead atoms. The van der Waals surface area contributed by atoms with Crippen LogP contribution < -0.4 is 0 Å². The van der Waals surface area contributed by atoms with Gasteiger partial charge in [0, 0.05) is 6.92 Å². The number of ether oxygens (including phenoxy) is 1. The smallest absolute Gasteiger partial charge is 0.302 e. The van der Waals surface area contributed by atoms with E-state index in [1.54, 1.807) is 0 Å². The van der Waals surface area contributed by atoms with E-state index in [-0.39, 0.29) is 12.1 Å². The third kappa shape index (κ3) is 10.3. The topological polar surface area (TPSA) is 26.3 Å². The van der Waals surface area contributed by atoms with Crippen LogP contribution in [-0.4, -0.2) is 12.1 Å². The summed E-state index contributed by atoms with van der Waals surface area (Å²) in [6.45, 7) is 12.7. The van der Waals surface area contributed by atoms with Gasteiger partial charge >= 0.3 is 5.97 Å². The van der Waals surface area contributed by atoms with E-state index in [1.165, 1.54) is 45.4 Å². The lowest BCUT2D eigenvalue weighted by molar-refractivity contribution is -0.147. The number of unbranched alkanes of at least 4 members (excludes halogenated alkanes) is 1. The zero-order valence-corrected chi connectivity index (χ0v) is 14.6. The molecule has 0 spiro atoms. The van der Waals surface area contributed by atoms with Crippen molar-refractivity contribution in [1.29, 1.82) is 0 Å². The molecule has 0 radical (unpaired) electrons. The van der Waals surface area contributed by atoms with Crippen LogP contribution in [0.2, 0.25) is 0 Å². The second-order valence-electron chi connectivity index (χ2n) is 6.81. The van der Waals surface area contributed by atoms with Crippen LogP contribution in [0.5, 0.6) is 0 Å². The van der Waals surface area contributed by atoms with Crippen molar-refractivity contribution < 1.29 is 9.53 Å². The molecule has 0 aliphatic heterocycles. The standard InChI is InChI=1S/C18H36O2/c1-7-8-10-14(2)13-15(3)11-9-12-16(4)17(5)20-18(6)19/h14-17H,7-13H2,1-6H3/t14-,15+,16-,17+/m0/s1. The summed E-state index contributed by atoms with van der Waals surface area (Å²) in [5.41, 5.74) is 0. The monoisotopic (exact) mass is 284 g/mol. The molecular formula is C18H36O2. The lowest BCUT2D eigenvalue weighted by atomic mass is 9.88. The van der Waals surface area contributed by atoms with E-state index in [9.17, 15) is 4.79 Å². The van der Waals surface area contributed by atoms with Crippen molar-refractivity contribution in [3.8, 4) is 0 Å². The molecule has 0 N–H and O–H groups in total. The quantitative estimate of drug-likeness (QED) is 0.462. The van der Waals surface area contributed by atoms with Gasteiger partial charge in [-0.1, -0.05) is 59.8 Å². The van der Waals surface area contributed by atoms with Crippen molar-refractivity contribution in [1.82, 2.24) is 0 Å². The van der Waals surface area contributed by atoms with Crippen LogP contribution in [0, 0.1) is 17.8 Å². The Morgan fingerprint density at radius 3 is 2.00 bits per heavy atom. The fourth-order valence-corrected chi connectivity index (χ4v) is 2.88. The molecule has 0 saturated heterocycles. The lowest BCUT2D eigenvalue weighted by Crippen LogP contribution is -2.20. The summed E-state index contributed by atoms with van der Waals surface area (Å²) in [7, 11) is 0. The summed E-state index contributed by atoms with van der Waals surface area (Å²) >= 11 is 0. The van der Waals surface area contributed by atoms with Gasteiger partial charge in [0.1, 0.15) is 6.10 Å². The molecule has 0 aliphatic carbocycles. The minimum atomic E-state index is -0.164. The molecule has 0 aromatic heterocycles. The van der Waals surface area contributed by atoms with E-state index >= 15 is 0 Å². The molecule has 0 unspecified atom stereocenters. The Morgan fingerprint density at radius 2 is 1.50 bits per heavy atom. The summed E-state index contributed by atoms with van der Waals surface area (Å²) in [6.07, 6.45) is 9.15. The molecule has 2 heteroatoms. The third-order valence-electron chi connectivity index (χ3n) is 4.36. The molecule has 2 nitrogen and oxygen atoms in total. The highest BCUT2D eigenvalue weighted by Crippen LogP contribution is 2.23. The first-order valence-corrected chi connectivity index (χ1v) is 8.54. The number of esters is 1. The Balaban J connectivity index is 3.74. The highest BCUT2D eigenvalue weighted by molar-refractivity contribution is 5.66. The van der Waals surface area contributed by atoms with Crippen molar-refractivity contribution in [2.24, 2.45) is 17.8 Å². The van der Waals surface area contributed by atoms with E-state index < -0.39 is 0 Å². The third-order valence-corrected chi connectivity index (χ3v) is 4.36. The van der Waals surface area contributed by atoms with E-state index in [2.05, 4.69) is 27.7 Å². The molecule has 0 amide bonds. The van der Waals surface area contributed by atoms with Crippen molar-refractivity contribution in [2.45, 2.75) is 92.6 Å². The Morgan fingerprint density at radius 1 is 0.950 bits per heavy atom. The first-order chi connectivity index (χ1) is 9.36. The van der Waals surface area contributed by atoms with Crippen molar-refractivity contribution >= 4 is 5.97 Å². The number of carbonyl (C=O) groups is 1. The Hall–Kier alpha value is -0.530. The Bertz CT molecular complexity index is 250. The van der Waals surface area contributed by atoms with Gasteiger partial charge in [-0.3, -0.25) is 4.79 Å². The average molecular weight is 284 g/mol. The zero-order valence-electron chi connectivity index (χ0n) is 14.6. The SMILES string of the molecule is CCCC[C@H](C)C[C@H](C)CCC[C@H](C)[C@@H](C)OC(C)=O. The van der Waals surface area contributed by atoms with Crippen molar-refractivity contribution in [3.05, 3.63) is 0 Å². The predicted octanol–water partition coefficient (Wildman–Crippen LogP) is 5.60. The summed E-state index contributed by atoms with van der Waals surface area (Å²) in [5, 5.41) is 0. The number of rotatable bonds is 11. The second kappa shape index (κ2) is 11.2. The molecule has 0 aliphatic rings. The maximum Gasteiger partial charge on any atom is 0.302 e. The number of carbonyl (C=O) groups excluding carboxylic acids is 1. The predicted molar refractivity (Wildman–Crippen MR) is 86.7 cm³/mol. The normalized spacial score (nSPS) is 17.3. The van der Waals surface area contributed by atoms with Crippen LogP contribution in [0.1, 0.15) is 86.5 Å². The van der Waals surface area contributed by atoms with Crippen LogP contribution in [0.15, 0.2) is 0 Å². The van der Waals surface area contributed by atoms with E-state index in [1.807, 2.05) is 6.92 Å². The first kappa shape index (κ1) is 19.5. The largest absolute Gasteiger partial charge is 0.463 e. The average Bonchev–Trinajstić information content (AvgIpc) is 2.35. The van der Waals surface area contributed by atoms with Crippen molar-refractivity contribution in [2.75, 3.05) is 0 Å². The molecule has 120 valence electrons. The van der Waals surface area contributed by atoms with Gasteiger partial charge in [0.2, 0.25) is 0 Å². The summed E-state index contributed by atoms with van der Waals surface area (Å²) in [4.78, 5) is 10.9. The maximum atomic E-state index is 10.9. The van der Waals surface area contributed by atoms with Gasteiger partial charge in [-0.15, -0.1) is 0 Å². The highest BCUT2D eigenvalue weighted by Gasteiger charge is 2.15. The fraction of sp³-hybridized carbons (Fsp3) is 0.944. The molecule has 20 heavy (non-hydrogen) atoms. The molecule has 0 heterocycles. The fourth-order valence-electron chi connectivity index (χ4n) is 2.88. The van der Waals surface area contributed by atoms with Gasteiger partial charge in [-0.05, 0) is 37.5 Å². The minimum Gasteiger partial charge on any atom is -0.463 e. The lowest BCUT2D eigenvalue weighted by Gasteiger charge is -2.21. The Kier molecular flexibility index (Phi) is 10.9. The molecule has 0 saturated carbocycles. The molecule has 0 rings (SSSR count). The molecule has 0 aromatic carbocycles. The van der Waals surface area contributed by atoms with E-state index in [0.29, 0.717) is 5.92 Å². The molecule has 4 atom stereocenters. The zero-order chi connectivity index (χ0) is 15.5. The van der Waals surface area contributed by atoms with Crippen LogP contribution in [0.4, 0.5) is 0 Å².